The summed E-state index contributed by atoms with van der Waals surface area (Å²) in [5.74, 6) is 1.22. The molecule has 8 heteroatoms. The number of aromatic nitrogens is 2. The molecule has 92 valence electrons. The Labute approximate surface area is 90.9 Å². The predicted octanol–water partition coefficient (Wildman–Crippen LogP) is 2.33. The van der Waals surface area contributed by atoms with Gasteiger partial charge in [0.2, 0.25) is 0 Å². The Morgan fingerprint density at radius 3 is 2.38 bits per heavy atom. The number of H-pyrrole nitrogens is 1. The van der Waals surface area contributed by atoms with Gasteiger partial charge in [-0.15, -0.1) is 6.58 Å². The molecule has 3 N–H and O–H groups in total. The number of nitrogens with two attached hydrogens (primary N) is 1. The Balaban J connectivity index is 0.000000385. The Bertz CT molecular complexity index is 280. The van der Waals surface area contributed by atoms with Gasteiger partial charge in [0, 0.05) is 18.3 Å². The van der Waals surface area contributed by atoms with E-state index in [2.05, 4.69) is 16.5 Å². The molecule has 0 amide bonds. The molecular weight excluding hydrogens is 225 g/mol. The van der Waals surface area contributed by atoms with Crippen molar-refractivity contribution in [3.63, 3.8) is 0 Å². The highest BCUT2D eigenvalue weighted by Crippen LogP contribution is 2.14. The van der Waals surface area contributed by atoms with Crippen LogP contribution in [-0.2, 0) is 0 Å². The fraction of sp³-hybridized carbons (Fsp3) is 0.375. The summed E-state index contributed by atoms with van der Waals surface area (Å²) in [6, 6.07) is 0. The van der Waals surface area contributed by atoms with Gasteiger partial charge < -0.3 is 28.0 Å². The zero-order valence-electron chi connectivity index (χ0n) is 8.54. The molecule has 0 saturated heterocycles. The zero-order chi connectivity index (χ0) is 12.6. The van der Waals surface area contributed by atoms with Gasteiger partial charge in [0.05, 0.1) is 0 Å². The van der Waals surface area contributed by atoms with E-state index in [0.29, 0.717) is 6.54 Å². The van der Waals surface area contributed by atoms with E-state index in [4.69, 9.17) is 5.73 Å². The molecule has 3 nitrogen and oxygen atoms in total. The average Bonchev–Trinajstić information content (AvgIpc) is 2.64. The minimum atomic E-state index is -6.00. The summed E-state index contributed by atoms with van der Waals surface area (Å²) in [4.78, 5) is 7.16. The number of halogens is 4. The molecule has 1 rings (SSSR count). The van der Waals surface area contributed by atoms with Crippen molar-refractivity contribution in [2.45, 2.75) is 12.3 Å². The van der Waals surface area contributed by atoms with Crippen LogP contribution in [0.2, 0.25) is 0 Å². The molecule has 0 saturated carbocycles. The summed E-state index contributed by atoms with van der Waals surface area (Å²) in [7, 11) is -6.00. The summed E-state index contributed by atoms with van der Waals surface area (Å²) in [5.41, 5.74) is 5.42. The van der Waals surface area contributed by atoms with E-state index >= 15 is 0 Å². The van der Waals surface area contributed by atoms with Gasteiger partial charge in [-0.25, -0.2) is 4.98 Å². The predicted molar refractivity (Wildman–Crippen MR) is 55.4 cm³/mol. The number of allylic oxidation sites excluding steroid dienone is 1. The molecule has 0 fully saturated rings. The highest BCUT2D eigenvalue weighted by atomic mass is 19.5. The molecule has 1 unspecified atom stereocenters. The minimum Gasteiger partial charge on any atom is -0.418 e. The van der Waals surface area contributed by atoms with Crippen LogP contribution < -0.4 is 5.73 Å². The highest BCUT2D eigenvalue weighted by molar-refractivity contribution is 6.50. The van der Waals surface area contributed by atoms with Gasteiger partial charge in [0.15, 0.2) is 0 Å². The van der Waals surface area contributed by atoms with Crippen LogP contribution in [0.15, 0.2) is 25.0 Å². The fourth-order valence-electron chi connectivity index (χ4n) is 1.03. The molecule has 0 radical (unpaired) electrons. The Morgan fingerprint density at radius 1 is 1.50 bits per heavy atom. The van der Waals surface area contributed by atoms with E-state index in [1.165, 1.54) is 0 Å². The first-order valence-corrected chi connectivity index (χ1v) is 4.57. The molecular formula is C8H13BF4N3-. The van der Waals surface area contributed by atoms with Gasteiger partial charge in [-0.2, -0.15) is 0 Å². The lowest BCUT2D eigenvalue weighted by atomic mass is 10.1. The van der Waals surface area contributed by atoms with Crippen LogP contribution in [0.3, 0.4) is 0 Å². The standard InChI is InChI=1S/C8H13N3.BF4/c1-2-7(3-4-9)8-10-5-6-11-8;2-1(3,4)5/h2,5-7H,1,3-4,9H2,(H,10,11);/q;-1. The third-order valence-corrected chi connectivity index (χ3v) is 1.63. The van der Waals surface area contributed by atoms with E-state index < -0.39 is 7.25 Å². The molecule has 0 bridgehead atoms. The number of imidazole rings is 1. The molecule has 1 aromatic heterocycles. The minimum absolute atomic E-state index is 0.273. The third-order valence-electron chi connectivity index (χ3n) is 1.63. The molecule has 1 heterocycles. The maximum absolute atomic E-state index is 9.75. The summed E-state index contributed by atoms with van der Waals surface area (Å²) < 4.78 is 39.0. The van der Waals surface area contributed by atoms with Crippen LogP contribution in [0, 0.1) is 0 Å². The van der Waals surface area contributed by atoms with Crippen molar-refractivity contribution in [3.8, 4) is 0 Å². The van der Waals surface area contributed by atoms with Crippen LogP contribution in [0.5, 0.6) is 0 Å². The van der Waals surface area contributed by atoms with Crippen molar-refractivity contribution < 1.29 is 17.3 Å². The molecule has 0 spiro atoms. The highest BCUT2D eigenvalue weighted by Gasteiger charge is 2.20. The number of nitrogens with zero attached hydrogens (tertiary/aromatic N) is 1. The summed E-state index contributed by atoms with van der Waals surface area (Å²) >= 11 is 0. The van der Waals surface area contributed by atoms with Gasteiger partial charge >= 0.3 is 7.25 Å². The Kier molecular flexibility index (Phi) is 6.47. The maximum Gasteiger partial charge on any atom is 0.673 e. The van der Waals surface area contributed by atoms with Crippen LogP contribution in [0.4, 0.5) is 17.3 Å². The van der Waals surface area contributed by atoms with E-state index in [-0.39, 0.29) is 5.92 Å². The van der Waals surface area contributed by atoms with Crippen molar-refractivity contribution in [2.24, 2.45) is 5.73 Å². The molecule has 0 aliphatic heterocycles. The van der Waals surface area contributed by atoms with Gasteiger partial charge in [-0.05, 0) is 13.0 Å². The van der Waals surface area contributed by atoms with Crippen molar-refractivity contribution in [1.82, 2.24) is 9.97 Å². The average molecular weight is 238 g/mol. The second kappa shape index (κ2) is 7.05. The van der Waals surface area contributed by atoms with Crippen LogP contribution in [0.25, 0.3) is 0 Å². The first kappa shape index (κ1) is 14.7. The fourth-order valence-corrected chi connectivity index (χ4v) is 1.03. The quantitative estimate of drug-likeness (QED) is 0.480. The molecule has 16 heavy (non-hydrogen) atoms. The SMILES string of the molecule is C=CC(CCN)c1ncc[nH]1.F[B-](F)(F)F. The third kappa shape index (κ3) is 8.04. The number of hydrogen-bond acceptors (Lipinski definition) is 2. The molecule has 1 atom stereocenters. The Hall–Kier alpha value is -1.31. The van der Waals surface area contributed by atoms with Crippen LogP contribution in [-0.4, -0.2) is 23.8 Å². The van der Waals surface area contributed by atoms with Gasteiger partial charge in [-0.1, -0.05) is 6.08 Å². The second-order valence-electron chi connectivity index (χ2n) is 2.89. The summed E-state index contributed by atoms with van der Waals surface area (Å²) in [6.07, 6.45) is 6.31. The smallest absolute Gasteiger partial charge is 0.418 e. The van der Waals surface area contributed by atoms with Crippen LogP contribution in [0.1, 0.15) is 18.2 Å². The van der Waals surface area contributed by atoms with Gasteiger partial charge in [0.1, 0.15) is 5.82 Å². The van der Waals surface area contributed by atoms with E-state index in [1.807, 2.05) is 12.3 Å². The second-order valence-corrected chi connectivity index (χ2v) is 2.89. The van der Waals surface area contributed by atoms with Crippen molar-refractivity contribution >= 4 is 7.25 Å². The summed E-state index contributed by atoms with van der Waals surface area (Å²) in [5, 5.41) is 0. The number of aromatic amines is 1. The normalized spacial score (nSPS) is 12.6. The Morgan fingerprint density at radius 2 is 2.06 bits per heavy atom. The first-order chi connectivity index (χ1) is 7.38. The maximum atomic E-state index is 9.75. The van der Waals surface area contributed by atoms with Crippen LogP contribution >= 0.6 is 0 Å². The molecule has 0 aliphatic rings. The van der Waals surface area contributed by atoms with Crippen molar-refractivity contribution in [3.05, 3.63) is 30.9 Å². The van der Waals surface area contributed by atoms with Crippen molar-refractivity contribution in [2.75, 3.05) is 6.54 Å². The lowest BCUT2D eigenvalue weighted by Crippen LogP contribution is -2.06. The van der Waals surface area contributed by atoms with Gasteiger partial charge in [-0.3, -0.25) is 0 Å². The number of rotatable bonds is 4. The topological polar surface area (TPSA) is 54.7 Å². The molecule has 0 aliphatic carbocycles. The van der Waals surface area contributed by atoms with E-state index in [1.54, 1.807) is 6.20 Å². The number of hydrogen-bond donors (Lipinski definition) is 2. The summed E-state index contributed by atoms with van der Waals surface area (Å²) in [6.45, 7) is 4.38. The largest absolute Gasteiger partial charge is 0.673 e. The lowest BCUT2D eigenvalue weighted by Gasteiger charge is -2.06. The van der Waals surface area contributed by atoms with Crippen molar-refractivity contribution in [1.29, 1.82) is 0 Å². The number of nitrogens with one attached hydrogen (secondary N) is 1. The monoisotopic (exact) mass is 238 g/mol. The first-order valence-electron chi connectivity index (χ1n) is 4.57. The van der Waals surface area contributed by atoms with Gasteiger partial charge in [0.25, 0.3) is 0 Å². The van der Waals surface area contributed by atoms with E-state index in [9.17, 15) is 17.3 Å². The molecule has 1 aromatic rings. The van der Waals surface area contributed by atoms with E-state index in [0.717, 1.165) is 12.2 Å². The molecule has 0 aromatic carbocycles. The zero-order valence-corrected chi connectivity index (χ0v) is 8.54. The lowest BCUT2D eigenvalue weighted by molar-refractivity contribution is 0.368.